The molecule has 0 aliphatic heterocycles. The van der Waals surface area contributed by atoms with E-state index in [1.807, 2.05) is 6.92 Å². The Labute approximate surface area is 105 Å². The summed E-state index contributed by atoms with van der Waals surface area (Å²) in [6.45, 7) is 1.92. The zero-order valence-electron chi connectivity index (χ0n) is 7.71. The molecule has 1 aromatic rings. The van der Waals surface area contributed by atoms with Crippen molar-refractivity contribution >= 4 is 51.5 Å². The largest absolute Gasteiger partial charge is 0.469 e. The molecular weight excluding hydrogens is 337 g/mol. The number of thiazole rings is 1. The fourth-order valence-corrected chi connectivity index (χ4v) is 3.54. The quantitative estimate of drug-likeness (QED) is 0.624. The SMILES string of the molecule is CCC(C(=O)OC)c1nc(Cl)sc1I. The first kappa shape index (κ1) is 12.2. The van der Waals surface area contributed by atoms with E-state index in [-0.39, 0.29) is 11.9 Å². The Kier molecular flexibility index (Phi) is 4.59. The van der Waals surface area contributed by atoms with E-state index in [2.05, 4.69) is 27.6 Å². The van der Waals surface area contributed by atoms with Crippen LogP contribution in [0.2, 0.25) is 4.47 Å². The Balaban J connectivity index is 3.00. The molecule has 0 saturated heterocycles. The normalized spacial score (nSPS) is 12.6. The molecule has 14 heavy (non-hydrogen) atoms. The summed E-state index contributed by atoms with van der Waals surface area (Å²) in [5.41, 5.74) is 0.731. The molecule has 0 aliphatic rings. The van der Waals surface area contributed by atoms with Crippen LogP contribution in [0.3, 0.4) is 0 Å². The van der Waals surface area contributed by atoms with E-state index in [4.69, 9.17) is 16.3 Å². The molecule has 6 heteroatoms. The van der Waals surface area contributed by atoms with Gasteiger partial charge in [-0.2, -0.15) is 0 Å². The Morgan fingerprint density at radius 2 is 2.43 bits per heavy atom. The number of carbonyl (C=O) groups is 1. The number of hydrogen-bond donors (Lipinski definition) is 0. The molecule has 1 rings (SSSR count). The highest BCUT2D eigenvalue weighted by atomic mass is 127. The molecule has 0 spiro atoms. The summed E-state index contributed by atoms with van der Waals surface area (Å²) in [4.78, 5) is 15.5. The number of rotatable bonds is 3. The number of ether oxygens (including phenoxy) is 1. The molecule has 1 heterocycles. The topological polar surface area (TPSA) is 39.2 Å². The Bertz CT molecular complexity index is 342. The highest BCUT2D eigenvalue weighted by Gasteiger charge is 2.25. The van der Waals surface area contributed by atoms with Gasteiger partial charge in [-0.1, -0.05) is 29.9 Å². The van der Waals surface area contributed by atoms with Crippen molar-refractivity contribution in [3.63, 3.8) is 0 Å². The molecule has 0 N–H and O–H groups in total. The molecule has 0 bridgehead atoms. The molecule has 0 fully saturated rings. The fraction of sp³-hybridized carbons (Fsp3) is 0.500. The van der Waals surface area contributed by atoms with Crippen LogP contribution in [0.5, 0.6) is 0 Å². The lowest BCUT2D eigenvalue weighted by atomic mass is 10.0. The smallest absolute Gasteiger partial charge is 0.314 e. The van der Waals surface area contributed by atoms with Crippen LogP contribution in [0.15, 0.2) is 0 Å². The number of aromatic nitrogens is 1. The molecule has 0 radical (unpaired) electrons. The zero-order valence-corrected chi connectivity index (χ0v) is 11.4. The Hall–Kier alpha value is 0.120. The fourth-order valence-electron chi connectivity index (χ4n) is 1.12. The third-order valence-corrected chi connectivity index (χ3v) is 3.98. The van der Waals surface area contributed by atoms with Gasteiger partial charge in [-0.05, 0) is 29.0 Å². The predicted molar refractivity (Wildman–Crippen MR) is 64.9 cm³/mol. The lowest BCUT2D eigenvalue weighted by Crippen LogP contribution is -2.14. The summed E-state index contributed by atoms with van der Waals surface area (Å²) in [5.74, 6) is -0.553. The third-order valence-electron chi connectivity index (χ3n) is 1.81. The molecule has 0 aliphatic carbocycles. The maximum Gasteiger partial charge on any atom is 0.314 e. The maximum atomic E-state index is 11.4. The van der Waals surface area contributed by atoms with Gasteiger partial charge in [0.25, 0.3) is 0 Å². The molecule has 0 amide bonds. The van der Waals surface area contributed by atoms with Crippen LogP contribution in [0.1, 0.15) is 25.0 Å². The second-order valence-corrected chi connectivity index (χ2v) is 6.00. The maximum absolute atomic E-state index is 11.4. The van der Waals surface area contributed by atoms with Crippen LogP contribution < -0.4 is 0 Å². The van der Waals surface area contributed by atoms with Crippen molar-refractivity contribution in [2.24, 2.45) is 0 Å². The highest BCUT2D eigenvalue weighted by molar-refractivity contribution is 14.1. The summed E-state index contributed by atoms with van der Waals surface area (Å²) in [5, 5.41) is 0. The number of methoxy groups -OCH3 is 1. The van der Waals surface area contributed by atoms with Crippen molar-refractivity contribution in [3.05, 3.63) is 13.0 Å². The third kappa shape index (κ3) is 2.58. The second-order valence-electron chi connectivity index (χ2n) is 2.61. The molecule has 0 aromatic carbocycles. The van der Waals surface area contributed by atoms with Gasteiger partial charge in [0.2, 0.25) is 0 Å². The van der Waals surface area contributed by atoms with Gasteiger partial charge in [-0.15, -0.1) is 0 Å². The molecule has 1 aromatic heterocycles. The van der Waals surface area contributed by atoms with Crippen LogP contribution in [0.4, 0.5) is 0 Å². The van der Waals surface area contributed by atoms with Crippen LogP contribution in [0.25, 0.3) is 0 Å². The Morgan fingerprint density at radius 3 is 2.79 bits per heavy atom. The first-order chi connectivity index (χ1) is 6.60. The van der Waals surface area contributed by atoms with Crippen molar-refractivity contribution in [1.29, 1.82) is 0 Å². The van der Waals surface area contributed by atoms with Crippen molar-refractivity contribution < 1.29 is 9.53 Å². The number of esters is 1. The van der Waals surface area contributed by atoms with E-state index < -0.39 is 0 Å². The van der Waals surface area contributed by atoms with Crippen LogP contribution >= 0.6 is 45.5 Å². The van der Waals surface area contributed by atoms with Gasteiger partial charge in [0, 0.05) is 0 Å². The van der Waals surface area contributed by atoms with Crippen molar-refractivity contribution in [1.82, 2.24) is 4.98 Å². The van der Waals surface area contributed by atoms with Crippen molar-refractivity contribution in [3.8, 4) is 0 Å². The van der Waals surface area contributed by atoms with Crippen LogP contribution in [0, 0.1) is 2.88 Å². The summed E-state index contributed by atoms with van der Waals surface area (Å²) in [6, 6.07) is 0. The summed E-state index contributed by atoms with van der Waals surface area (Å²) in [6.07, 6.45) is 0.669. The van der Waals surface area contributed by atoms with E-state index in [1.165, 1.54) is 18.4 Å². The summed E-state index contributed by atoms with van der Waals surface area (Å²) in [7, 11) is 1.38. The van der Waals surface area contributed by atoms with Gasteiger partial charge in [0.1, 0.15) is 5.92 Å². The standard InChI is InChI=1S/C8H9ClINO2S/c1-3-4(7(12)13-2)5-6(10)14-8(9)11-5/h4H,3H2,1-2H3. The Morgan fingerprint density at radius 1 is 1.79 bits per heavy atom. The number of carbonyl (C=O) groups excluding carboxylic acids is 1. The van der Waals surface area contributed by atoms with Gasteiger partial charge in [0.05, 0.1) is 15.7 Å². The van der Waals surface area contributed by atoms with Gasteiger partial charge in [-0.3, -0.25) is 4.79 Å². The molecule has 1 unspecified atom stereocenters. The number of hydrogen-bond acceptors (Lipinski definition) is 4. The molecule has 78 valence electrons. The molecular formula is C8H9ClINO2S. The lowest BCUT2D eigenvalue weighted by molar-refractivity contribution is -0.142. The average molecular weight is 346 g/mol. The lowest BCUT2D eigenvalue weighted by Gasteiger charge is -2.09. The summed E-state index contributed by atoms with van der Waals surface area (Å²) >= 11 is 9.27. The minimum Gasteiger partial charge on any atom is -0.469 e. The number of halogens is 2. The minimum absolute atomic E-state index is 0.257. The van der Waals surface area contributed by atoms with E-state index in [0.29, 0.717) is 10.9 Å². The van der Waals surface area contributed by atoms with Crippen LogP contribution in [-0.2, 0) is 9.53 Å². The minimum atomic E-state index is -0.296. The van der Waals surface area contributed by atoms with Crippen molar-refractivity contribution in [2.75, 3.05) is 7.11 Å². The van der Waals surface area contributed by atoms with Gasteiger partial charge >= 0.3 is 5.97 Å². The van der Waals surface area contributed by atoms with Gasteiger partial charge in [-0.25, -0.2) is 4.98 Å². The van der Waals surface area contributed by atoms with E-state index in [9.17, 15) is 4.79 Å². The average Bonchev–Trinajstić information content (AvgIpc) is 2.47. The van der Waals surface area contributed by atoms with E-state index >= 15 is 0 Å². The predicted octanol–water partition coefficient (Wildman–Crippen LogP) is 3.07. The second kappa shape index (κ2) is 5.27. The zero-order chi connectivity index (χ0) is 10.7. The first-order valence-corrected chi connectivity index (χ1v) is 6.27. The van der Waals surface area contributed by atoms with Gasteiger partial charge in [0.15, 0.2) is 4.47 Å². The monoisotopic (exact) mass is 345 g/mol. The van der Waals surface area contributed by atoms with Crippen LogP contribution in [-0.4, -0.2) is 18.1 Å². The van der Waals surface area contributed by atoms with Crippen molar-refractivity contribution in [2.45, 2.75) is 19.3 Å². The first-order valence-electron chi connectivity index (χ1n) is 3.99. The van der Waals surface area contributed by atoms with E-state index in [1.54, 1.807) is 0 Å². The molecule has 3 nitrogen and oxygen atoms in total. The van der Waals surface area contributed by atoms with Gasteiger partial charge < -0.3 is 4.74 Å². The highest BCUT2D eigenvalue weighted by Crippen LogP contribution is 2.31. The molecule has 1 atom stereocenters. The molecule has 0 saturated carbocycles. The van der Waals surface area contributed by atoms with E-state index in [0.717, 1.165) is 8.58 Å². The number of nitrogens with zero attached hydrogens (tertiary/aromatic N) is 1. The summed E-state index contributed by atoms with van der Waals surface area (Å²) < 4.78 is 6.11.